The molecule has 13 heavy (non-hydrogen) atoms. The molecule has 0 bridgehead atoms. The van der Waals surface area contributed by atoms with Crippen LogP contribution in [-0.4, -0.2) is 19.3 Å². The summed E-state index contributed by atoms with van der Waals surface area (Å²) >= 11 is 0. The highest BCUT2D eigenvalue weighted by atomic mass is 19.1. The monoisotopic (exact) mass is 180 g/mol. The number of rotatable bonds is 2. The van der Waals surface area contributed by atoms with Gasteiger partial charge in [0.1, 0.15) is 5.82 Å². The van der Waals surface area contributed by atoms with Gasteiger partial charge in [-0.25, -0.2) is 4.39 Å². The van der Waals surface area contributed by atoms with Gasteiger partial charge in [-0.2, -0.15) is 0 Å². The van der Waals surface area contributed by atoms with Crippen LogP contribution in [0.1, 0.15) is 5.56 Å². The van der Waals surface area contributed by atoms with E-state index in [9.17, 15) is 4.39 Å². The Bertz CT molecular complexity index is 282. The summed E-state index contributed by atoms with van der Waals surface area (Å²) < 4.78 is 12.8. The minimum absolute atomic E-state index is 0.150. The maximum atomic E-state index is 12.8. The van der Waals surface area contributed by atoms with Crippen molar-refractivity contribution in [3.8, 4) is 0 Å². The normalized spacial score (nSPS) is 22.1. The third-order valence-corrected chi connectivity index (χ3v) is 2.28. The lowest BCUT2D eigenvalue weighted by molar-refractivity contribution is 0.609. The topological polar surface area (TPSA) is 24.1 Å². The smallest absolute Gasteiger partial charge is 0.123 e. The van der Waals surface area contributed by atoms with E-state index in [1.54, 1.807) is 12.1 Å². The number of hydrogen-bond acceptors (Lipinski definition) is 2. The van der Waals surface area contributed by atoms with Gasteiger partial charge in [-0.3, -0.25) is 0 Å². The van der Waals surface area contributed by atoms with Gasteiger partial charge < -0.3 is 10.6 Å². The first kappa shape index (κ1) is 8.66. The Labute approximate surface area is 77.2 Å². The number of benzene rings is 1. The van der Waals surface area contributed by atoms with Crippen LogP contribution in [0.4, 0.5) is 4.39 Å². The van der Waals surface area contributed by atoms with Crippen molar-refractivity contribution in [2.45, 2.75) is 12.5 Å². The highest BCUT2D eigenvalue weighted by molar-refractivity contribution is 5.17. The van der Waals surface area contributed by atoms with Crippen LogP contribution >= 0.6 is 0 Å². The maximum Gasteiger partial charge on any atom is 0.123 e. The van der Waals surface area contributed by atoms with Crippen molar-refractivity contribution in [1.82, 2.24) is 10.6 Å². The molecule has 0 amide bonds. The minimum atomic E-state index is -0.150. The maximum absolute atomic E-state index is 12.8. The molecule has 0 saturated carbocycles. The van der Waals surface area contributed by atoms with Crippen molar-refractivity contribution in [3.05, 3.63) is 35.6 Å². The number of hydrogen-bond donors (Lipinski definition) is 2. The number of nitrogens with one attached hydrogen (secondary N) is 2. The molecule has 1 unspecified atom stereocenters. The van der Waals surface area contributed by atoms with E-state index in [0.29, 0.717) is 6.04 Å². The molecule has 1 fully saturated rings. The molecule has 70 valence electrons. The van der Waals surface area contributed by atoms with Gasteiger partial charge in [0.15, 0.2) is 0 Å². The molecule has 1 aromatic carbocycles. The first-order valence-electron chi connectivity index (χ1n) is 4.53. The van der Waals surface area contributed by atoms with Crippen molar-refractivity contribution >= 4 is 0 Å². The van der Waals surface area contributed by atoms with Crippen molar-refractivity contribution in [3.63, 3.8) is 0 Å². The van der Waals surface area contributed by atoms with Crippen molar-refractivity contribution in [2.24, 2.45) is 0 Å². The van der Waals surface area contributed by atoms with Gasteiger partial charge in [-0.15, -0.1) is 0 Å². The molecule has 1 saturated heterocycles. The molecule has 0 spiro atoms. The first-order chi connectivity index (χ1) is 6.34. The van der Waals surface area contributed by atoms with Crippen LogP contribution in [-0.2, 0) is 6.42 Å². The molecule has 2 rings (SSSR count). The van der Waals surface area contributed by atoms with E-state index in [0.717, 1.165) is 25.2 Å². The summed E-state index contributed by atoms with van der Waals surface area (Å²) in [5, 5.41) is 6.49. The summed E-state index contributed by atoms with van der Waals surface area (Å²) in [6, 6.07) is 7.24. The van der Waals surface area contributed by atoms with Gasteiger partial charge >= 0.3 is 0 Å². The van der Waals surface area contributed by atoms with Crippen LogP contribution in [0.15, 0.2) is 24.3 Å². The molecule has 1 aromatic rings. The quantitative estimate of drug-likeness (QED) is 0.706. The predicted molar refractivity (Wildman–Crippen MR) is 49.9 cm³/mol. The summed E-state index contributed by atoms with van der Waals surface area (Å²) in [4.78, 5) is 0. The molecule has 1 aliphatic heterocycles. The molecular weight excluding hydrogens is 167 g/mol. The molecule has 0 aromatic heterocycles. The lowest BCUT2D eigenvalue weighted by Gasteiger charge is -2.08. The van der Waals surface area contributed by atoms with Crippen LogP contribution in [0.5, 0.6) is 0 Å². The highest BCUT2D eigenvalue weighted by Gasteiger charge is 2.13. The van der Waals surface area contributed by atoms with E-state index < -0.39 is 0 Å². The van der Waals surface area contributed by atoms with Gasteiger partial charge in [0.2, 0.25) is 0 Å². The minimum Gasteiger partial charge on any atom is -0.303 e. The fraction of sp³-hybridized carbons (Fsp3) is 0.400. The van der Waals surface area contributed by atoms with E-state index in [4.69, 9.17) is 0 Å². The average molecular weight is 180 g/mol. The van der Waals surface area contributed by atoms with Crippen molar-refractivity contribution in [1.29, 1.82) is 0 Å². The molecule has 2 nitrogen and oxygen atoms in total. The zero-order valence-electron chi connectivity index (χ0n) is 7.39. The van der Waals surface area contributed by atoms with Crippen LogP contribution in [0.3, 0.4) is 0 Å². The lowest BCUT2D eigenvalue weighted by Crippen LogP contribution is -2.25. The Kier molecular flexibility index (Phi) is 2.57. The van der Waals surface area contributed by atoms with Crippen LogP contribution < -0.4 is 10.6 Å². The van der Waals surface area contributed by atoms with E-state index >= 15 is 0 Å². The standard InChI is InChI=1S/C10H13FN2/c11-9-3-1-2-8(4-9)5-10-6-12-7-13-10/h1-4,10,12-13H,5-7H2. The van der Waals surface area contributed by atoms with Gasteiger partial charge in [-0.1, -0.05) is 12.1 Å². The molecule has 2 N–H and O–H groups in total. The molecule has 1 atom stereocenters. The summed E-state index contributed by atoms with van der Waals surface area (Å²) in [5.41, 5.74) is 1.06. The zero-order valence-corrected chi connectivity index (χ0v) is 7.39. The first-order valence-corrected chi connectivity index (χ1v) is 4.53. The second-order valence-electron chi connectivity index (χ2n) is 3.37. The molecule has 0 radical (unpaired) electrons. The zero-order chi connectivity index (χ0) is 9.10. The summed E-state index contributed by atoms with van der Waals surface area (Å²) in [7, 11) is 0. The Morgan fingerprint density at radius 3 is 3.08 bits per heavy atom. The average Bonchev–Trinajstić information content (AvgIpc) is 2.57. The Balaban J connectivity index is 2.00. The Hall–Kier alpha value is -0.930. The molecule has 1 aliphatic rings. The van der Waals surface area contributed by atoms with Crippen molar-refractivity contribution in [2.75, 3.05) is 13.2 Å². The Morgan fingerprint density at radius 2 is 2.38 bits per heavy atom. The van der Waals surface area contributed by atoms with E-state index in [-0.39, 0.29) is 5.82 Å². The van der Waals surface area contributed by atoms with Crippen molar-refractivity contribution < 1.29 is 4.39 Å². The van der Waals surface area contributed by atoms with Gasteiger partial charge in [0.25, 0.3) is 0 Å². The highest BCUT2D eigenvalue weighted by Crippen LogP contribution is 2.07. The SMILES string of the molecule is Fc1cccc(CC2CNCN2)c1. The van der Waals surface area contributed by atoms with Gasteiger partial charge in [-0.05, 0) is 24.1 Å². The van der Waals surface area contributed by atoms with Crippen LogP contribution in [0.2, 0.25) is 0 Å². The summed E-state index contributed by atoms with van der Waals surface area (Å²) in [6.45, 7) is 1.83. The Morgan fingerprint density at radius 1 is 1.46 bits per heavy atom. The molecule has 3 heteroatoms. The van der Waals surface area contributed by atoms with E-state index in [2.05, 4.69) is 10.6 Å². The van der Waals surface area contributed by atoms with E-state index in [1.807, 2.05) is 6.07 Å². The van der Waals surface area contributed by atoms with Crippen LogP contribution in [0, 0.1) is 5.82 Å². The fourth-order valence-corrected chi connectivity index (χ4v) is 1.63. The van der Waals surface area contributed by atoms with Gasteiger partial charge in [0.05, 0.1) is 0 Å². The summed E-state index contributed by atoms with van der Waals surface area (Å²) in [6.07, 6.45) is 0.894. The third-order valence-electron chi connectivity index (χ3n) is 2.28. The third kappa shape index (κ3) is 2.26. The molecule has 1 heterocycles. The van der Waals surface area contributed by atoms with Gasteiger partial charge in [0, 0.05) is 19.3 Å². The predicted octanol–water partition coefficient (Wildman–Crippen LogP) is 0.887. The lowest BCUT2D eigenvalue weighted by atomic mass is 10.1. The van der Waals surface area contributed by atoms with Crippen LogP contribution in [0.25, 0.3) is 0 Å². The second kappa shape index (κ2) is 3.85. The summed E-state index contributed by atoms with van der Waals surface area (Å²) in [5.74, 6) is -0.150. The molecule has 0 aliphatic carbocycles. The molecular formula is C10H13FN2. The largest absolute Gasteiger partial charge is 0.303 e. The number of halogens is 1. The van der Waals surface area contributed by atoms with E-state index in [1.165, 1.54) is 6.07 Å². The second-order valence-corrected chi connectivity index (χ2v) is 3.37. The fourth-order valence-electron chi connectivity index (χ4n) is 1.63.